The van der Waals surface area contributed by atoms with Crippen LogP contribution in [0.15, 0.2) is 16.6 Å². The van der Waals surface area contributed by atoms with Crippen molar-refractivity contribution in [1.82, 2.24) is 0 Å². The summed E-state index contributed by atoms with van der Waals surface area (Å²) in [6.45, 7) is 3.74. The van der Waals surface area contributed by atoms with Crippen LogP contribution in [0.2, 0.25) is 0 Å². The summed E-state index contributed by atoms with van der Waals surface area (Å²) in [5, 5.41) is 2.36. The van der Waals surface area contributed by atoms with Crippen molar-refractivity contribution in [2.75, 3.05) is 5.32 Å². The molecule has 0 heterocycles. The molecule has 18 heavy (non-hydrogen) atoms. The number of nitrogens with two attached hydrogens (primary N) is 1. The van der Waals surface area contributed by atoms with Crippen molar-refractivity contribution < 1.29 is 13.6 Å². The standard InChI is InChI=1S/C12H15BrF2N2O/c1-3-6(2)11(16)12(18)17-10-4-7(13)8(14)5-9(10)15/h4-6,11H,3,16H2,1-2H3,(H,17,18). The van der Waals surface area contributed by atoms with Crippen LogP contribution in [0, 0.1) is 17.6 Å². The lowest BCUT2D eigenvalue weighted by Gasteiger charge is -2.18. The second-order valence-corrected chi connectivity index (χ2v) is 5.00. The molecule has 0 aliphatic heterocycles. The number of halogens is 3. The topological polar surface area (TPSA) is 55.1 Å². The zero-order valence-electron chi connectivity index (χ0n) is 10.1. The van der Waals surface area contributed by atoms with E-state index in [2.05, 4.69) is 21.2 Å². The minimum atomic E-state index is -0.833. The first kappa shape index (κ1) is 15.0. The molecule has 0 spiro atoms. The van der Waals surface area contributed by atoms with Crippen LogP contribution in [0.25, 0.3) is 0 Å². The summed E-state index contributed by atoms with van der Waals surface area (Å²) in [6, 6.07) is 1.15. The molecule has 1 aromatic rings. The summed E-state index contributed by atoms with van der Waals surface area (Å²) in [5.74, 6) is -2.06. The first-order valence-electron chi connectivity index (χ1n) is 5.57. The van der Waals surface area contributed by atoms with E-state index in [0.717, 1.165) is 6.42 Å². The maximum absolute atomic E-state index is 13.4. The lowest BCUT2D eigenvalue weighted by Crippen LogP contribution is -2.40. The molecule has 0 aliphatic carbocycles. The first-order valence-corrected chi connectivity index (χ1v) is 6.37. The molecule has 100 valence electrons. The highest BCUT2D eigenvalue weighted by atomic mass is 79.9. The lowest BCUT2D eigenvalue weighted by molar-refractivity contribution is -0.118. The molecule has 0 radical (unpaired) electrons. The Kier molecular flexibility index (Phi) is 5.22. The molecule has 2 unspecified atom stereocenters. The lowest BCUT2D eigenvalue weighted by atomic mass is 9.99. The normalized spacial score (nSPS) is 14.1. The van der Waals surface area contributed by atoms with Crippen molar-refractivity contribution in [2.45, 2.75) is 26.3 Å². The summed E-state index contributed by atoms with van der Waals surface area (Å²) in [5.41, 5.74) is 5.63. The number of nitrogens with one attached hydrogen (secondary N) is 1. The maximum Gasteiger partial charge on any atom is 0.241 e. The fraction of sp³-hybridized carbons (Fsp3) is 0.417. The Balaban J connectivity index is 2.85. The molecule has 0 aliphatic rings. The zero-order valence-corrected chi connectivity index (χ0v) is 11.7. The molecule has 0 aromatic heterocycles. The maximum atomic E-state index is 13.4. The van der Waals surface area contributed by atoms with Crippen LogP contribution in [0.3, 0.4) is 0 Å². The number of carbonyl (C=O) groups excluding carboxylic acids is 1. The van der Waals surface area contributed by atoms with Gasteiger partial charge in [-0.1, -0.05) is 20.3 Å². The Hall–Kier alpha value is -1.01. The third kappa shape index (κ3) is 3.49. The Morgan fingerprint density at radius 1 is 1.44 bits per heavy atom. The predicted molar refractivity (Wildman–Crippen MR) is 70.1 cm³/mol. The number of anilines is 1. The van der Waals surface area contributed by atoms with Gasteiger partial charge in [0.05, 0.1) is 16.2 Å². The smallest absolute Gasteiger partial charge is 0.241 e. The average Bonchev–Trinajstić information content (AvgIpc) is 2.33. The number of rotatable bonds is 4. The molecular formula is C12H15BrF2N2O. The molecule has 0 fully saturated rings. The third-order valence-corrected chi connectivity index (χ3v) is 3.44. The van der Waals surface area contributed by atoms with Crippen LogP contribution in [0.4, 0.5) is 14.5 Å². The molecule has 0 saturated heterocycles. The van der Waals surface area contributed by atoms with Gasteiger partial charge in [0.2, 0.25) is 5.91 Å². The van der Waals surface area contributed by atoms with E-state index in [9.17, 15) is 13.6 Å². The predicted octanol–water partition coefficient (Wildman–Crippen LogP) is 3.04. The third-order valence-electron chi connectivity index (χ3n) is 2.83. The Morgan fingerprint density at radius 3 is 2.61 bits per heavy atom. The minimum absolute atomic E-state index is 0.0167. The van der Waals surface area contributed by atoms with Gasteiger partial charge in [0.15, 0.2) is 0 Å². The van der Waals surface area contributed by atoms with E-state index in [1.807, 2.05) is 13.8 Å². The van der Waals surface area contributed by atoms with Crippen molar-refractivity contribution in [3.8, 4) is 0 Å². The van der Waals surface area contributed by atoms with E-state index in [4.69, 9.17) is 5.73 Å². The minimum Gasteiger partial charge on any atom is -0.322 e. The van der Waals surface area contributed by atoms with Gasteiger partial charge in [-0.3, -0.25) is 4.79 Å². The van der Waals surface area contributed by atoms with Gasteiger partial charge in [0.1, 0.15) is 11.6 Å². The van der Waals surface area contributed by atoms with E-state index in [-0.39, 0.29) is 16.1 Å². The fourth-order valence-electron chi connectivity index (χ4n) is 1.35. The molecule has 1 rings (SSSR count). The van der Waals surface area contributed by atoms with Crippen molar-refractivity contribution in [1.29, 1.82) is 0 Å². The second kappa shape index (κ2) is 6.24. The van der Waals surface area contributed by atoms with Gasteiger partial charge in [-0.2, -0.15) is 0 Å². The molecule has 6 heteroatoms. The number of amides is 1. The summed E-state index contributed by atoms with van der Waals surface area (Å²) in [4.78, 5) is 11.7. The fourth-order valence-corrected chi connectivity index (χ4v) is 1.69. The van der Waals surface area contributed by atoms with Crippen LogP contribution in [0.5, 0.6) is 0 Å². The van der Waals surface area contributed by atoms with E-state index in [0.29, 0.717) is 6.07 Å². The second-order valence-electron chi connectivity index (χ2n) is 4.15. The van der Waals surface area contributed by atoms with Gasteiger partial charge < -0.3 is 11.1 Å². The Morgan fingerprint density at radius 2 is 2.06 bits per heavy atom. The first-order chi connectivity index (χ1) is 8.36. The number of hydrogen-bond donors (Lipinski definition) is 2. The van der Waals surface area contributed by atoms with Crippen LogP contribution in [-0.2, 0) is 4.79 Å². The largest absolute Gasteiger partial charge is 0.322 e. The highest BCUT2D eigenvalue weighted by Gasteiger charge is 2.21. The summed E-state index contributed by atoms with van der Waals surface area (Å²) in [7, 11) is 0. The Bertz CT molecular complexity index is 454. The number of carbonyl (C=O) groups is 1. The van der Waals surface area contributed by atoms with E-state index in [1.165, 1.54) is 6.07 Å². The van der Waals surface area contributed by atoms with Crippen molar-refractivity contribution in [2.24, 2.45) is 11.7 Å². The van der Waals surface area contributed by atoms with Crippen LogP contribution < -0.4 is 11.1 Å². The van der Waals surface area contributed by atoms with Crippen molar-refractivity contribution in [3.05, 3.63) is 28.2 Å². The highest BCUT2D eigenvalue weighted by Crippen LogP contribution is 2.24. The molecule has 1 amide bonds. The summed E-state index contributed by atoms with van der Waals surface area (Å²) in [6.07, 6.45) is 0.740. The van der Waals surface area contributed by atoms with Crippen LogP contribution >= 0.6 is 15.9 Å². The van der Waals surface area contributed by atoms with Crippen LogP contribution in [0.1, 0.15) is 20.3 Å². The van der Waals surface area contributed by atoms with Gasteiger partial charge in [-0.05, 0) is 27.9 Å². The number of benzene rings is 1. The average molecular weight is 321 g/mol. The molecule has 2 atom stereocenters. The monoisotopic (exact) mass is 320 g/mol. The van der Waals surface area contributed by atoms with Gasteiger partial charge in [-0.15, -0.1) is 0 Å². The molecule has 1 aromatic carbocycles. The molecule has 0 saturated carbocycles. The van der Waals surface area contributed by atoms with E-state index in [1.54, 1.807) is 0 Å². The van der Waals surface area contributed by atoms with Crippen molar-refractivity contribution in [3.63, 3.8) is 0 Å². The van der Waals surface area contributed by atoms with E-state index >= 15 is 0 Å². The summed E-state index contributed by atoms with van der Waals surface area (Å²) >= 11 is 2.93. The molecule has 0 bridgehead atoms. The summed E-state index contributed by atoms with van der Waals surface area (Å²) < 4.78 is 26.5. The quantitative estimate of drug-likeness (QED) is 0.838. The van der Waals surface area contributed by atoms with Gasteiger partial charge >= 0.3 is 0 Å². The molecule has 3 nitrogen and oxygen atoms in total. The highest BCUT2D eigenvalue weighted by molar-refractivity contribution is 9.10. The number of hydrogen-bond acceptors (Lipinski definition) is 2. The Labute approximate surface area is 113 Å². The van der Waals surface area contributed by atoms with Gasteiger partial charge in [0.25, 0.3) is 0 Å². The van der Waals surface area contributed by atoms with E-state index < -0.39 is 23.6 Å². The molecular weight excluding hydrogens is 306 g/mol. The van der Waals surface area contributed by atoms with Crippen molar-refractivity contribution >= 4 is 27.5 Å². The van der Waals surface area contributed by atoms with Gasteiger partial charge in [0, 0.05) is 6.07 Å². The van der Waals surface area contributed by atoms with Crippen LogP contribution in [-0.4, -0.2) is 11.9 Å². The SMILES string of the molecule is CCC(C)C(N)C(=O)Nc1cc(Br)c(F)cc1F. The van der Waals surface area contributed by atoms with Gasteiger partial charge in [-0.25, -0.2) is 8.78 Å². The zero-order chi connectivity index (χ0) is 13.9. The molecule has 3 N–H and O–H groups in total.